The van der Waals surface area contributed by atoms with Crippen LogP contribution in [0.5, 0.6) is 0 Å². The number of rotatable bonds is 5. The van der Waals surface area contributed by atoms with E-state index >= 15 is 0 Å². The van der Waals surface area contributed by atoms with Crippen molar-refractivity contribution >= 4 is 17.8 Å². The highest BCUT2D eigenvalue weighted by Gasteiger charge is 2.49. The highest BCUT2D eigenvalue weighted by atomic mass is 16.7. The van der Waals surface area contributed by atoms with E-state index in [1.807, 2.05) is 0 Å². The first-order chi connectivity index (χ1) is 12.3. The summed E-state index contributed by atoms with van der Waals surface area (Å²) in [6, 6.07) is 6.97. The first-order valence-corrected chi connectivity index (χ1v) is 7.98. The molecular weight excluding hydrogens is 346 g/mol. The molecule has 1 heterocycles. The number of esters is 2. The number of ether oxygens (including phenoxy) is 3. The number of aliphatic hydroxyl groups is 2. The number of hydrogen-bond acceptors (Lipinski definition) is 8. The van der Waals surface area contributed by atoms with Crippen LogP contribution in [-0.2, 0) is 23.8 Å². The molecule has 1 fully saturated rings. The summed E-state index contributed by atoms with van der Waals surface area (Å²) in [5.74, 6) is -1.95. The molecule has 9 nitrogen and oxygen atoms in total. The van der Waals surface area contributed by atoms with E-state index in [-0.39, 0.29) is 0 Å². The number of amides is 1. The van der Waals surface area contributed by atoms with Gasteiger partial charge in [0.2, 0.25) is 0 Å². The maximum atomic E-state index is 12.4. The van der Waals surface area contributed by atoms with Crippen molar-refractivity contribution in [1.82, 2.24) is 5.32 Å². The number of benzene rings is 1. The Labute approximate surface area is 149 Å². The molecule has 0 bridgehead atoms. The van der Waals surface area contributed by atoms with E-state index in [9.17, 15) is 24.6 Å². The number of carbonyl (C=O) groups excluding carboxylic acids is 3. The lowest BCUT2D eigenvalue weighted by molar-refractivity contribution is -0.262. The van der Waals surface area contributed by atoms with Crippen molar-refractivity contribution in [3.8, 4) is 0 Å². The van der Waals surface area contributed by atoms with Crippen LogP contribution in [0.3, 0.4) is 0 Å². The minimum Gasteiger partial charge on any atom is -0.456 e. The molecule has 0 spiro atoms. The number of nitrogens with one attached hydrogen (secondary N) is 1. The molecular formula is C17H21NO8. The van der Waals surface area contributed by atoms with Gasteiger partial charge in [-0.25, -0.2) is 0 Å². The molecule has 5 atom stereocenters. The van der Waals surface area contributed by atoms with Gasteiger partial charge < -0.3 is 29.7 Å². The van der Waals surface area contributed by atoms with Crippen LogP contribution in [0.25, 0.3) is 0 Å². The Bertz CT molecular complexity index is 649. The first-order valence-electron chi connectivity index (χ1n) is 7.98. The standard InChI is InChI=1S/C17H21NO8/c1-9(20)24-14-12(8-19)26-17(23)13(15(14)25-10(2)21)18-16(22)11-6-4-3-5-7-11/h3-7,12-15,17,19,23H,8H2,1-2H3,(H,18,22)/t12?,13-,14?,15+,17?/m0/s1. The van der Waals surface area contributed by atoms with Crippen molar-refractivity contribution in [3.05, 3.63) is 35.9 Å². The minimum atomic E-state index is -1.59. The van der Waals surface area contributed by atoms with Crippen LogP contribution in [-0.4, -0.2) is 65.3 Å². The zero-order chi connectivity index (χ0) is 19.3. The van der Waals surface area contributed by atoms with E-state index in [1.165, 1.54) is 0 Å². The maximum Gasteiger partial charge on any atom is 0.303 e. The number of aliphatic hydroxyl groups excluding tert-OH is 2. The first kappa shape index (κ1) is 19.8. The van der Waals surface area contributed by atoms with E-state index in [0.717, 1.165) is 13.8 Å². The van der Waals surface area contributed by atoms with Gasteiger partial charge in [-0.3, -0.25) is 14.4 Å². The summed E-state index contributed by atoms with van der Waals surface area (Å²) < 4.78 is 15.5. The molecule has 0 aromatic heterocycles. The van der Waals surface area contributed by atoms with Gasteiger partial charge in [-0.15, -0.1) is 0 Å². The van der Waals surface area contributed by atoms with Gasteiger partial charge in [0, 0.05) is 19.4 Å². The fraction of sp³-hybridized carbons (Fsp3) is 0.471. The second-order valence-electron chi connectivity index (χ2n) is 5.76. The third-order valence-corrected chi connectivity index (χ3v) is 3.78. The zero-order valence-corrected chi connectivity index (χ0v) is 14.3. The Hall–Kier alpha value is -2.49. The zero-order valence-electron chi connectivity index (χ0n) is 14.3. The molecule has 0 aliphatic carbocycles. The molecule has 3 unspecified atom stereocenters. The maximum absolute atomic E-state index is 12.4. The lowest BCUT2D eigenvalue weighted by Crippen LogP contribution is -2.66. The molecule has 0 saturated carbocycles. The minimum absolute atomic E-state index is 0.314. The second-order valence-corrected chi connectivity index (χ2v) is 5.76. The lowest BCUT2D eigenvalue weighted by Gasteiger charge is -2.43. The Kier molecular flexibility index (Phi) is 6.67. The average Bonchev–Trinajstić information content (AvgIpc) is 2.60. The van der Waals surface area contributed by atoms with Gasteiger partial charge in [0.25, 0.3) is 5.91 Å². The molecule has 9 heteroatoms. The Morgan fingerprint density at radius 2 is 1.65 bits per heavy atom. The van der Waals surface area contributed by atoms with Crippen molar-refractivity contribution in [3.63, 3.8) is 0 Å². The van der Waals surface area contributed by atoms with E-state index in [2.05, 4.69) is 5.32 Å². The average molecular weight is 367 g/mol. The van der Waals surface area contributed by atoms with Gasteiger partial charge in [0.1, 0.15) is 12.1 Å². The summed E-state index contributed by atoms with van der Waals surface area (Å²) in [5, 5.41) is 22.2. The monoisotopic (exact) mass is 367 g/mol. The van der Waals surface area contributed by atoms with Crippen LogP contribution < -0.4 is 5.32 Å². The third-order valence-electron chi connectivity index (χ3n) is 3.78. The van der Waals surface area contributed by atoms with Crippen molar-refractivity contribution < 1.29 is 38.8 Å². The summed E-state index contributed by atoms with van der Waals surface area (Å²) in [6.07, 6.45) is -5.16. The second kappa shape index (κ2) is 8.75. The molecule has 1 aromatic rings. The third kappa shape index (κ3) is 4.78. The molecule has 3 N–H and O–H groups in total. The van der Waals surface area contributed by atoms with E-state index in [4.69, 9.17) is 14.2 Å². The van der Waals surface area contributed by atoms with Crippen LogP contribution in [0.4, 0.5) is 0 Å². The molecule has 26 heavy (non-hydrogen) atoms. The Morgan fingerprint density at radius 1 is 1.08 bits per heavy atom. The van der Waals surface area contributed by atoms with E-state index < -0.39 is 55.1 Å². The number of carbonyl (C=O) groups is 3. The Morgan fingerprint density at radius 3 is 2.19 bits per heavy atom. The Balaban J connectivity index is 2.28. The highest BCUT2D eigenvalue weighted by Crippen LogP contribution is 2.25. The van der Waals surface area contributed by atoms with Gasteiger partial charge in [-0.05, 0) is 12.1 Å². The van der Waals surface area contributed by atoms with Crippen molar-refractivity contribution in [2.45, 2.75) is 44.5 Å². The van der Waals surface area contributed by atoms with E-state index in [0.29, 0.717) is 5.56 Å². The predicted molar refractivity (Wildman–Crippen MR) is 86.8 cm³/mol. The van der Waals surface area contributed by atoms with E-state index in [1.54, 1.807) is 30.3 Å². The molecule has 0 radical (unpaired) electrons. The van der Waals surface area contributed by atoms with Crippen molar-refractivity contribution in [1.29, 1.82) is 0 Å². The van der Waals surface area contributed by atoms with Crippen LogP contribution in [0.1, 0.15) is 24.2 Å². The topological polar surface area (TPSA) is 131 Å². The van der Waals surface area contributed by atoms with Crippen molar-refractivity contribution in [2.75, 3.05) is 6.61 Å². The van der Waals surface area contributed by atoms with Crippen molar-refractivity contribution in [2.24, 2.45) is 0 Å². The largest absolute Gasteiger partial charge is 0.456 e. The van der Waals surface area contributed by atoms with Crippen LogP contribution in [0.15, 0.2) is 30.3 Å². The quantitative estimate of drug-likeness (QED) is 0.586. The summed E-state index contributed by atoms with van der Waals surface area (Å²) in [4.78, 5) is 35.3. The molecule has 1 amide bonds. The molecule has 142 valence electrons. The predicted octanol–water partition coefficient (Wildman–Crippen LogP) is -0.642. The molecule has 1 saturated heterocycles. The molecule has 1 aromatic carbocycles. The SMILES string of the molecule is CC(=O)OC1C(CO)OC(O)[C@@H](NC(=O)c2ccccc2)[C@H]1OC(C)=O. The van der Waals surface area contributed by atoms with Crippen LogP contribution >= 0.6 is 0 Å². The normalized spacial score (nSPS) is 28.1. The fourth-order valence-electron chi connectivity index (χ4n) is 2.71. The number of hydrogen-bond donors (Lipinski definition) is 3. The van der Waals surface area contributed by atoms with Crippen LogP contribution in [0, 0.1) is 0 Å². The fourth-order valence-corrected chi connectivity index (χ4v) is 2.71. The smallest absolute Gasteiger partial charge is 0.303 e. The lowest BCUT2D eigenvalue weighted by atomic mass is 9.96. The van der Waals surface area contributed by atoms with Crippen LogP contribution in [0.2, 0.25) is 0 Å². The summed E-state index contributed by atoms with van der Waals surface area (Å²) in [5.41, 5.74) is 0.314. The van der Waals surface area contributed by atoms with Gasteiger partial charge in [-0.2, -0.15) is 0 Å². The van der Waals surface area contributed by atoms with Gasteiger partial charge >= 0.3 is 11.9 Å². The highest BCUT2D eigenvalue weighted by molar-refractivity contribution is 5.94. The summed E-state index contributed by atoms with van der Waals surface area (Å²) in [7, 11) is 0. The molecule has 1 aliphatic heterocycles. The van der Waals surface area contributed by atoms with Gasteiger partial charge in [-0.1, -0.05) is 18.2 Å². The van der Waals surface area contributed by atoms with Gasteiger partial charge in [0.05, 0.1) is 6.61 Å². The van der Waals surface area contributed by atoms with Gasteiger partial charge in [0.15, 0.2) is 18.5 Å². The summed E-state index contributed by atoms with van der Waals surface area (Å²) >= 11 is 0. The molecule has 2 rings (SSSR count). The summed E-state index contributed by atoms with van der Waals surface area (Å²) in [6.45, 7) is 1.69. The molecule has 1 aliphatic rings.